The molecule has 0 aliphatic rings. The van der Waals surface area contributed by atoms with E-state index in [0.29, 0.717) is 10.6 Å². The van der Waals surface area contributed by atoms with E-state index in [1.165, 1.54) is 23.3 Å². The Balaban J connectivity index is 3.07. The fraction of sp³-hybridized carbons (Fsp3) is 0.500. The van der Waals surface area contributed by atoms with Gasteiger partial charge in [-0.1, -0.05) is 0 Å². The Morgan fingerprint density at radius 2 is 2.06 bits per heavy atom. The Kier molecular flexibility index (Phi) is 4.34. The molecule has 1 heterocycles. The topological polar surface area (TPSA) is 66.8 Å². The summed E-state index contributed by atoms with van der Waals surface area (Å²) in [6.45, 7) is 5.07. The number of ether oxygens (including phenoxy) is 1. The summed E-state index contributed by atoms with van der Waals surface area (Å²) < 4.78 is 5.09. The van der Waals surface area contributed by atoms with Crippen LogP contribution >= 0.6 is 11.3 Å². The summed E-state index contributed by atoms with van der Waals surface area (Å²) in [5.41, 5.74) is -0.565. The van der Waals surface area contributed by atoms with Gasteiger partial charge in [0.1, 0.15) is 17.2 Å². The van der Waals surface area contributed by atoms with Crippen molar-refractivity contribution in [3.8, 4) is 5.75 Å². The first kappa shape index (κ1) is 14.5. The van der Waals surface area contributed by atoms with Gasteiger partial charge in [0.25, 0.3) is 5.91 Å². The molecule has 0 saturated heterocycles. The SMILES string of the molecule is COc1ccsc1C(=O)N(CC(=O)O)C(C)(C)C. The minimum Gasteiger partial charge on any atom is -0.495 e. The maximum absolute atomic E-state index is 12.4. The van der Waals surface area contributed by atoms with Crippen LogP contribution in [0.4, 0.5) is 0 Å². The Hall–Kier alpha value is -1.56. The van der Waals surface area contributed by atoms with Crippen LogP contribution in [0, 0.1) is 0 Å². The van der Waals surface area contributed by atoms with E-state index in [-0.39, 0.29) is 12.5 Å². The predicted molar refractivity (Wildman–Crippen MR) is 69.3 cm³/mol. The molecule has 6 heteroatoms. The van der Waals surface area contributed by atoms with Crippen molar-refractivity contribution in [2.75, 3.05) is 13.7 Å². The van der Waals surface area contributed by atoms with Crippen LogP contribution in [0.5, 0.6) is 5.75 Å². The van der Waals surface area contributed by atoms with Crippen LogP contribution in [0.15, 0.2) is 11.4 Å². The van der Waals surface area contributed by atoms with Crippen LogP contribution in [-0.2, 0) is 4.79 Å². The highest BCUT2D eigenvalue weighted by Gasteiger charge is 2.31. The van der Waals surface area contributed by atoms with Crippen molar-refractivity contribution >= 4 is 23.2 Å². The van der Waals surface area contributed by atoms with Gasteiger partial charge in [-0.25, -0.2) is 0 Å². The largest absolute Gasteiger partial charge is 0.495 e. The quantitative estimate of drug-likeness (QED) is 0.910. The summed E-state index contributed by atoms with van der Waals surface area (Å²) in [7, 11) is 1.48. The molecule has 18 heavy (non-hydrogen) atoms. The van der Waals surface area contributed by atoms with E-state index in [1.54, 1.807) is 32.2 Å². The number of aliphatic carboxylic acids is 1. The minimum absolute atomic E-state index is 0.322. The van der Waals surface area contributed by atoms with Crippen molar-refractivity contribution in [3.05, 3.63) is 16.3 Å². The monoisotopic (exact) mass is 271 g/mol. The molecule has 1 N–H and O–H groups in total. The first-order chi connectivity index (χ1) is 8.27. The first-order valence-electron chi connectivity index (χ1n) is 5.42. The van der Waals surface area contributed by atoms with Gasteiger partial charge in [-0.3, -0.25) is 9.59 Å². The molecule has 1 amide bonds. The molecule has 0 aromatic carbocycles. The van der Waals surface area contributed by atoms with Crippen LogP contribution in [0.25, 0.3) is 0 Å². The van der Waals surface area contributed by atoms with Gasteiger partial charge in [-0.15, -0.1) is 11.3 Å². The van der Waals surface area contributed by atoms with Gasteiger partial charge in [0.15, 0.2) is 0 Å². The zero-order valence-electron chi connectivity index (χ0n) is 10.9. The molecule has 0 fully saturated rings. The van der Waals surface area contributed by atoms with Crippen LogP contribution in [-0.4, -0.2) is 41.1 Å². The normalized spacial score (nSPS) is 11.1. The molecule has 5 nitrogen and oxygen atoms in total. The number of nitrogens with zero attached hydrogens (tertiary/aromatic N) is 1. The van der Waals surface area contributed by atoms with E-state index in [4.69, 9.17) is 9.84 Å². The number of hydrogen-bond donors (Lipinski definition) is 1. The molecular weight excluding hydrogens is 254 g/mol. The van der Waals surface area contributed by atoms with Crippen LogP contribution in [0.1, 0.15) is 30.4 Å². The van der Waals surface area contributed by atoms with E-state index >= 15 is 0 Å². The second kappa shape index (κ2) is 5.39. The Bertz CT molecular complexity index is 447. The highest BCUT2D eigenvalue weighted by atomic mass is 32.1. The van der Waals surface area contributed by atoms with Gasteiger partial charge in [0, 0.05) is 5.54 Å². The van der Waals surface area contributed by atoms with Crippen molar-refractivity contribution in [2.24, 2.45) is 0 Å². The zero-order valence-corrected chi connectivity index (χ0v) is 11.7. The average Bonchev–Trinajstić information content (AvgIpc) is 2.71. The van der Waals surface area contributed by atoms with Gasteiger partial charge in [0.2, 0.25) is 0 Å². The van der Waals surface area contributed by atoms with Gasteiger partial charge in [-0.05, 0) is 32.2 Å². The number of carbonyl (C=O) groups excluding carboxylic acids is 1. The molecule has 0 aliphatic carbocycles. The van der Waals surface area contributed by atoms with Gasteiger partial charge in [0.05, 0.1) is 7.11 Å². The highest BCUT2D eigenvalue weighted by Crippen LogP contribution is 2.28. The second-order valence-corrected chi connectivity index (χ2v) is 5.69. The van der Waals surface area contributed by atoms with Crippen LogP contribution < -0.4 is 4.74 Å². The Morgan fingerprint density at radius 3 is 2.50 bits per heavy atom. The minimum atomic E-state index is -1.03. The molecular formula is C12H17NO4S. The lowest BCUT2D eigenvalue weighted by atomic mass is 10.1. The Morgan fingerprint density at radius 1 is 1.44 bits per heavy atom. The molecule has 0 atom stereocenters. The van der Waals surface area contributed by atoms with Crippen molar-refractivity contribution in [3.63, 3.8) is 0 Å². The van der Waals surface area contributed by atoms with Crippen LogP contribution in [0.3, 0.4) is 0 Å². The van der Waals surface area contributed by atoms with E-state index < -0.39 is 11.5 Å². The second-order valence-electron chi connectivity index (χ2n) is 4.77. The lowest BCUT2D eigenvalue weighted by molar-refractivity contribution is -0.138. The standard InChI is InChI=1S/C12H17NO4S/c1-12(2,3)13(7-9(14)15)11(16)10-8(17-4)5-6-18-10/h5-6H,7H2,1-4H3,(H,14,15). The third-order valence-corrected chi connectivity index (χ3v) is 3.28. The van der Waals surface area contributed by atoms with E-state index in [2.05, 4.69) is 0 Å². The Labute approximate surface area is 110 Å². The molecule has 1 aromatic rings. The highest BCUT2D eigenvalue weighted by molar-refractivity contribution is 7.12. The number of thiophene rings is 1. The van der Waals surface area contributed by atoms with E-state index in [9.17, 15) is 9.59 Å². The zero-order chi connectivity index (χ0) is 13.9. The fourth-order valence-corrected chi connectivity index (χ4v) is 2.29. The average molecular weight is 271 g/mol. The summed E-state index contributed by atoms with van der Waals surface area (Å²) >= 11 is 1.24. The molecule has 0 saturated carbocycles. The van der Waals surface area contributed by atoms with Crippen LogP contribution in [0.2, 0.25) is 0 Å². The van der Waals surface area contributed by atoms with Gasteiger partial charge >= 0.3 is 5.97 Å². The summed E-state index contributed by atoms with van der Waals surface area (Å²) in [6.07, 6.45) is 0. The molecule has 1 aromatic heterocycles. The molecule has 0 unspecified atom stereocenters. The molecule has 0 spiro atoms. The van der Waals surface area contributed by atoms with Gasteiger partial charge in [-0.2, -0.15) is 0 Å². The molecule has 1 rings (SSSR count). The van der Waals surface area contributed by atoms with E-state index in [1.807, 2.05) is 0 Å². The number of carboxylic acid groups (broad SMARTS) is 1. The molecule has 100 valence electrons. The van der Waals surface area contributed by atoms with E-state index in [0.717, 1.165) is 0 Å². The van der Waals surface area contributed by atoms with Gasteiger partial charge < -0.3 is 14.7 Å². The van der Waals surface area contributed by atoms with Crippen molar-refractivity contribution < 1.29 is 19.4 Å². The maximum Gasteiger partial charge on any atom is 0.323 e. The smallest absolute Gasteiger partial charge is 0.323 e. The first-order valence-corrected chi connectivity index (χ1v) is 6.30. The fourth-order valence-electron chi connectivity index (χ4n) is 1.49. The number of methoxy groups -OCH3 is 1. The lowest BCUT2D eigenvalue weighted by Gasteiger charge is -2.34. The molecule has 0 bridgehead atoms. The summed E-state index contributed by atoms with van der Waals surface area (Å²) in [6, 6.07) is 1.69. The number of carbonyl (C=O) groups is 2. The number of carboxylic acids is 1. The number of rotatable bonds is 4. The predicted octanol–water partition coefficient (Wildman–Crippen LogP) is 2.08. The van der Waals surface area contributed by atoms with Crippen molar-refractivity contribution in [1.82, 2.24) is 4.90 Å². The molecule has 0 radical (unpaired) electrons. The maximum atomic E-state index is 12.4. The summed E-state index contributed by atoms with van der Waals surface area (Å²) in [4.78, 5) is 25.0. The summed E-state index contributed by atoms with van der Waals surface area (Å²) in [5.74, 6) is -0.879. The molecule has 0 aliphatic heterocycles. The number of hydrogen-bond acceptors (Lipinski definition) is 4. The lowest BCUT2D eigenvalue weighted by Crippen LogP contribution is -2.48. The third kappa shape index (κ3) is 3.22. The van der Waals surface area contributed by atoms with Crippen molar-refractivity contribution in [2.45, 2.75) is 26.3 Å². The third-order valence-electron chi connectivity index (χ3n) is 2.39. The summed E-state index contributed by atoms with van der Waals surface area (Å²) in [5, 5.41) is 10.6. The van der Waals surface area contributed by atoms with Crippen molar-refractivity contribution in [1.29, 1.82) is 0 Å². The number of amides is 1.